The third-order valence-electron chi connectivity index (χ3n) is 1.30. The van der Waals surface area contributed by atoms with Gasteiger partial charge in [0.1, 0.15) is 0 Å². The summed E-state index contributed by atoms with van der Waals surface area (Å²) in [6, 6.07) is 0. The molecule has 0 radical (unpaired) electrons. The quantitative estimate of drug-likeness (QED) is 0.671. The van der Waals surface area contributed by atoms with Crippen LogP contribution in [0.1, 0.15) is 18.5 Å². The lowest BCUT2D eigenvalue weighted by molar-refractivity contribution is 0.126. The van der Waals surface area contributed by atoms with E-state index in [4.69, 9.17) is 5.90 Å². The van der Waals surface area contributed by atoms with Crippen LogP contribution in [-0.2, 0) is 4.84 Å². The van der Waals surface area contributed by atoms with Crippen molar-refractivity contribution < 1.29 is 4.84 Å². The summed E-state index contributed by atoms with van der Waals surface area (Å²) in [7, 11) is 0. The van der Waals surface area contributed by atoms with Crippen molar-refractivity contribution in [2.75, 3.05) is 6.61 Å². The normalized spacial score (nSPS) is 13.4. The average Bonchev–Trinajstić information content (AvgIpc) is 2.38. The van der Waals surface area contributed by atoms with Crippen LogP contribution in [0.3, 0.4) is 0 Å². The van der Waals surface area contributed by atoms with Crippen molar-refractivity contribution in [2.24, 2.45) is 5.90 Å². The van der Waals surface area contributed by atoms with Gasteiger partial charge in [-0.25, -0.2) is 10.9 Å². The molecule has 0 aliphatic carbocycles. The van der Waals surface area contributed by atoms with Gasteiger partial charge in [-0.2, -0.15) is 0 Å². The van der Waals surface area contributed by atoms with Crippen LogP contribution >= 0.6 is 11.3 Å². The predicted molar refractivity (Wildman–Crippen MR) is 40.7 cm³/mol. The Bertz CT molecular complexity index is 176. The van der Waals surface area contributed by atoms with Gasteiger partial charge in [0.05, 0.1) is 17.8 Å². The Morgan fingerprint density at radius 2 is 2.70 bits per heavy atom. The number of hydrogen-bond donors (Lipinski definition) is 1. The Morgan fingerprint density at radius 3 is 3.20 bits per heavy atom. The second-order valence-corrected chi connectivity index (χ2v) is 2.87. The fourth-order valence-corrected chi connectivity index (χ4v) is 1.37. The largest absolute Gasteiger partial charge is 0.304 e. The van der Waals surface area contributed by atoms with Crippen molar-refractivity contribution in [3.8, 4) is 0 Å². The molecule has 56 valence electrons. The van der Waals surface area contributed by atoms with Crippen molar-refractivity contribution >= 4 is 11.3 Å². The van der Waals surface area contributed by atoms with Gasteiger partial charge in [0.15, 0.2) is 0 Å². The third kappa shape index (κ3) is 1.76. The molecule has 0 aliphatic heterocycles. The van der Waals surface area contributed by atoms with Crippen LogP contribution in [0.5, 0.6) is 0 Å². The summed E-state index contributed by atoms with van der Waals surface area (Å²) in [5.41, 5.74) is 2.86. The number of thiazole rings is 1. The van der Waals surface area contributed by atoms with E-state index in [-0.39, 0.29) is 0 Å². The van der Waals surface area contributed by atoms with Gasteiger partial charge in [-0.3, -0.25) is 0 Å². The van der Waals surface area contributed by atoms with Crippen molar-refractivity contribution in [1.82, 2.24) is 4.98 Å². The van der Waals surface area contributed by atoms with Crippen molar-refractivity contribution in [3.63, 3.8) is 0 Å². The van der Waals surface area contributed by atoms with Gasteiger partial charge in [-0.05, 0) is 0 Å². The molecule has 1 unspecified atom stereocenters. The number of rotatable bonds is 3. The Morgan fingerprint density at radius 1 is 1.90 bits per heavy atom. The first kappa shape index (κ1) is 7.65. The maximum Gasteiger partial charge on any atom is 0.0794 e. The highest BCUT2D eigenvalue weighted by Crippen LogP contribution is 2.13. The summed E-state index contributed by atoms with van der Waals surface area (Å²) >= 11 is 1.59. The number of nitrogens with two attached hydrogens (primary N) is 1. The lowest BCUT2D eigenvalue weighted by atomic mass is 10.1. The Balaban J connectivity index is 2.50. The van der Waals surface area contributed by atoms with Gasteiger partial charge in [0, 0.05) is 11.3 Å². The third-order valence-corrected chi connectivity index (χ3v) is 1.91. The summed E-state index contributed by atoms with van der Waals surface area (Å²) < 4.78 is 0. The van der Waals surface area contributed by atoms with E-state index in [2.05, 4.69) is 9.82 Å². The zero-order valence-electron chi connectivity index (χ0n) is 5.78. The molecule has 3 nitrogen and oxygen atoms in total. The van der Waals surface area contributed by atoms with E-state index in [1.807, 2.05) is 17.8 Å². The SMILES string of the molecule is CC(CON)c1cscn1. The van der Waals surface area contributed by atoms with E-state index in [1.54, 1.807) is 11.3 Å². The highest BCUT2D eigenvalue weighted by molar-refractivity contribution is 7.07. The first-order valence-electron chi connectivity index (χ1n) is 3.04. The molecule has 0 bridgehead atoms. The van der Waals surface area contributed by atoms with Gasteiger partial charge < -0.3 is 4.84 Å². The highest BCUT2D eigenvalue weighted by Gasteiger charge is 2.05. The zero-order chi connectivity index (χ0) is 7.40. The van der Waals surface area contributed by atoms with Crippen LogP contribution in [0.4, 0.5) is 0 Å². The Kier molecular flexibility index (Phi) is 2.80. The van der Waals surface area contributed by atoms with Crippen LogP contribution in [0.25, 0.3) is 0 Å². The van der Waals surface area contributed by atoms with Crippen molar-refractivity contribution in [2.45, 2.75) is 12.8 Å². The van der Waals surface area contributed by atoms with Crippen LogP contribution in [0.2, 0.25) is 0 Å². The summed E-state index contributed by atoms with van der Waals surface area (Å²) in [6.07, 6.45) is 0. The molecule has 0 aliphatic rings. The zero-order valence-corrected chi connectivity index (χ0v) is 6.60. The minimum atomic E-state index is 0.302. The van der Waals surface area contributed by atoms with Gasteiger partial charge >= 0.3 is 0 Å². The molecule has 0 fully saturated rings. The van der Waals surface area contributed by atoms with E-state index < -0.39 is 0 Å². The van der Waals surface area contributed by atoms with Crippen molar-refractivity contribution in [1.29, 1.82) is 0 Å². The maximum absolute atomic E-state index is 4.91. The number of aromatic nitrogens is 1. The standard InChI is InChI=1S/C6H10N2OS/c1-5(2-9-7)6-3-10-4-8-6/h3-5H,2,7H2,1H3. The first-order valence-corrected chi connectivity index (χ1v) is 3.98. The molecule has 1 aromatic rings. The van der Waals surface area contributed by atoms with E-state index in [0.29, 0.717) is 12.5 Å². The van der Waals surface area contributed by atoms with E-state index in [1.165, 1.54) is 0 Å². The second-order valence-electron chi connectivity index (χ2n) is 2.15. The van der Waals surface area contributed by atoms with E-state index in [9.17, 15) is 0 Å². The lowest BCUT2D eigenvalue weighted by Crippen LogP contribution is -2.08. The molecule has 1 rings (SSSR count). The molecule has 0 saturated carbocycles. The molecule has 1 heterocycles. The lowest BCUT2D eigenvalue weighted by Gasteiger charge is -2.04. The van der Waals surface area contributed by atoms with Crippen LogP contribution < -0.4 is 5.90 Å². The summed E-state index contributed by atoms with van der Waals surface area (Å²) in [6.45, 7) is 2.56. The number of nitrogens with zero attached hydrogens (tertiary/aromatic N) is 1. The predicted octanol–water partition coefficient (Wildman–Crippen LogP) is 1.14. The van der Waals surface area contributed by atoms with Crippen LogP contribution in [-0.4, -0.2) is 11.6 Å². The molecule has 0 amide bonds. The van der Waals surface area contributed by atoms with Gasteiger partial charge in [0.2, 0.25) is 0 Å². The number of hydrogen-bond acceptors (Lipinski definition) is 4. The van der Waals surface area contributed by atoms with Crippen LogP contribution in [0.15, 0.2) is 10.9 Å². The molecular formula is C6H10N2OS. The molecule has 0 aromatic carbocycles. The van der Waals surface area contributed by atoms with Gasteiger partial charge in [-0.15, -0.1) is 11.3 Å². The fraction of sp³-hybridized carbons (Fsp3) is 0.500. The van der Waals surface area contributed by atoms with Crippen molar-refractivity contribution in [3.05, 3.63) is 16.6 Å². The summed E-state index contributed by atoms with van der Waals surface area (Å²) in [5, 5.41) is 2.00. The van der Waals surface area contributed by atoms with Gasteiger partial charge in [-0.1, -0.05) is 6.92 Å². The topological polar surface area (TPSA) is 48.1 Å². The Labute approximate surface area is 63.8 Å². The monoisotopic (exact) mass is 158 g/mol. The maximum atomic E-state index is 4.91. The molecular weight excluding hydrogens is 148 g/mol. The molecule has 10 heavy (non-hydrogen) atoms. The molecule has 0 saturated heterocycles. The summed E-state index contributed by atoms with van der Waals surface area (Å²) in [4.78, 5) is 8.61. The van der Waals surface area contributed by atoms with Crippen LogP contribution in [0, 0.1) is 0 Å². The molecule has 0 spiro atoms. The molecule has 1 atom stereocenters. The van der Waals surface area contributed by atoms with Gasteiger partial charge in [0.25, 0.3) is 0 Å². The molecule has 2 N–H and O–H groups in total. The summed E-state index contributed by atoms with van der Waals surface area (Å²) in [5.74, 6) is 5.21. The van der Waals surface area contributed by atoms with E-state index >= 15 is 0 Å². The minimum absolute atomic E-state index is 0.302. The molecule has 1 aromatic heterocycles. The fourth-order valence-electron chi connectivity index (χ4n) is 0.695. The van der Waals surface area contributed by atoms with E-state index in [0.717, 1.165) is 5.69 Å². The highest BCUT2D eigenvalue weighted by atomic mass is 32.1. The smallest absolute Gasteiger partial charge is 0.0794 e. The Hall–Kier alpha value is -0.450. The minimum Gasteiger partial charge on any atom is -0.304 e. The first-order chi connectivity index (χ1) is 4.84. The second kappa shape index (κ2) is 3.65. The average molecular weight is 158 g/mol. The molecule has 4 heteroatoms.